The van der Waals surface area contributed by atoms with Crippen molar-refractivity contribution in [3.05, 3.63) is 59.7 Å². The zero-order chi connectivity index (χ0) is 25.1. The third-order valence-electron chi connectivity index (χ3n) is 6.66. The largest absolute Gasteiger partial charge is 0.480 e. The Labute approximate surface area is 210 Å². The maximum atomic E-state index is 13.5. The minimum absolute atomic E-state index is 0.0785. The van der Waals surface area contributed by atoms with Crippen molar-refractivity contribution in [3.63, 3.8) is 0 Å². The van der Waals surface area contributed by atoms with Crippen molar-refractivity contribution >= 4 is 29.7 Å². The van der Waals surface area contributed by atoms with Crippen LogP contribution >= 0.6 is 11.8 Å². The van der Waals surface area contributed by atoms with E-state index in [1.807, 2.05) is 57.2 Å². The first-order valence-corrected chi connectivity index (χ1v) is 13.2. The Kier molecular flexibility index (Phi) is 7.69. The molecule has 2 aromatic rings. The lowest BCUT2D eigenvalue weighted by atomic mass is 9.98. The molecule has 1 aliphatic carbocycles. The summed E-state index contributed by atoms with van der Waals surface area (Å²) in [7, 11) is 0. The molecule has 4 rings (SSSR count). The summed E-state index contributed by atoms with van der Waals surface area (Å²) >= 11 is 1.47. The van der Waals surface area contributed by atoms with Crippen LogP contribution in [0.25, 0.3) is 11.1 Å². The van der Waals surface area contributed by atoms with E-state index in [1.54, 1.807) is 0 Å². The third kappa shape index (κ3) is 5.03. The summed E-state index contributed by atoms with van der Waals surface area (Å²) in [5, 5.41) is 12.2. The van der Waals surface area contributed by atoms with E-state index in [0.717, 1.165) is 22.3 Å². The van der Waals surface area contributed by atoms with Crippen molar-refractivity contribution < 1.29 is 24.2 Å². The van der Waals surface area contributed by atoms with Crippen LogP contribution < -0.4 is 5.32 Å². The number of aliphatic carboxylic acids is 1. The van der Waals surface area contributed by atoms with E-state index in [4.69, 9.17) is 4.74 Å². The lowest BCUT2D eigenvalue weighted by Crippen LogP contribution is -2.55. The number of fused-ring (bicyclic) bond motifs is 3. The second kappa shape index (κ2) is 10.7. The van der Waals surface area contributed by atoms with Crippen LogP contribution in [0.15, 0.2) is 48.5 Å². The smallest absolute Gasteiger partial charge is 0.407 e. The molecular weight excluding hydrogens is 464 g/mol. The summed E-state index contributed by atoms with van der Waals surface area (Å²) in [6, 6.07) is 14.5. The number of carboxylic acids is 1. The summed E-state index contributed by atoms with van der Waals surface area (Å²) in [4.78, 5) is 39.6. The number of amides is 2. The van der Waals surface area contributed by atoms with Crippen LogP contribution in [0.2, 0.25) is 0 Å². The lowest BCUT2D eigenvalue weighted by Gasteiger charge is -2.33. The lowest BCUT2D eigenvalue weighted by molar-refractivity contribution is -0.150. The van der Waals surface area contributed by atoms with Crippen molar-refractivity contribution in [1.29, 1.82) is 0 Å². The van der Waals surface area contributed by atoms with E-state index in [2.05, 4.69) is 17.4 Å². The molecule has 0 radical (unpaired) electrons. The second-order valence-corrected chi connectivity index (χ2v) is 10.5. The van der Waals surface area contributed by atoms with Crippen LogP contribution in [0.1, 0.15) is 50.7 Å². The predicted molar refractivity (Wildman–Crippen MR) is 136 cm³/mol. The Hall–Kier alpha value is -3.00. The zero-order valence-corrected chi connectivity index (χ0v) is 21.1. The Bertz CT molecular complexity index is 1060. The van der Waals surface area contributed by atoms with Gasteiger partial charge in [-0.05, 0) is 34.6 Å². The topological polar surface area (TPSA) is 95.9 Å². The molecule has 186 valence electrons. The number of hydrogen-bond donors (Lipinski definition) is 2. The van der Waals surface area contributed by atoms with Crippen LogP contribution in [0.5, 0.6) is 0 Å². The molecule has 1 fully saturated rings. The van der Waals surface area contributed by atoms with E-state index in [0.29, 0.717) is 18.6 Å². The molecule has 7 nitrogen and oxygen atoms in total. The van der Waals surface area contributed by atoms with E-state index >= 15 is 0 Å². The van der Waals surface area contributed by atoms with Crippen molar-refractivity contribution in [2.24, 2.45) is 5.92 Å². The number of thioether (sulfide) groups is 1. The number of hydrogen-bond acceptors (Lipinski definition) is 5. The number of benzene rings is 2. The molecule has 0 aromatic heterocycles. The summed E-state index contributed by atoms with van der Waals surface area (Å²) in [5.41, 5.74) is 4.51. The number of carbonyl (C=O) groups is 3. The van der Waals surface area contributed by atoms with Gasteiger partial charge in [-0.3, -0.25) is 4.79 Å². The van der Waals surface area contributed by atoms with Gasteiger partial charge in [0.25, 0.3) is 0 Å². The summed E-state index contributed by atoms with van der Waals surface area (Å²) in [6.45, 7) is 6.01. The van der Waals surface area contributed by atoms with Gasteiger partial charge < -0.3 is 20.1 Å². The number of nitrogens with one attached hydrogen (secondary N) is 1. The number of alkyl carbamates (subject to hydrolysis) is 1. The first kappa shape index (κ1) is 25.1. The summed E-state index contributed by atoms with van der Waals surface area (Å²) in [5.74, 6) is -1.04. The van der Waals surface area contributed by atoms with Gasteiger partial charge in [0.15, 0.2) is 0 Å². The fraction of sp³-hybridized carbons (Fsp3) is 0.444. The molecule has 35 heavy (non-hydrogen) atoms. The summed E-state index contributed by atoms with van der Waals surface area (Å²) < 4.78 is 5.64. The molecule has 1 saturated heterocycles. The quantitative estimate of drug-likeness (QED) is 0.550. The average molecular weight is 497 g/mol. The molecule has 0 bridgehead atoms. The molecule has 0 saturated carbocycles. The van der Waals surface area contributed by atoms with Gasteiger partial charge in [-0.1, -0.05) is 75.7 Å². The van der Waals surface area contributed by atoms with Gasteiger partial charge in [-0.25, -0.2) is 9.59 Å². The van der Waals surface area contributed by atoms with Gasteiger partial charge in [0.2, 0.25) is 5.91 Å². The van der Waals surface area contributed by atoms with Gasteiger partial charge in [0.1, 0.15) is 18.7 Å². The van der Waals surface area contributed by atoms with Crippen molar-refractivity contribution in [3.8, 4) is 11.1 Å². The van der Waals surface area contributed by atoms with Crippen LogP contribution in [0.3, 0.4) is 0 Å². The first-order chi connectivity index (χ1) is 16.8. The molecule has 0 spiro atoms. The van der Waals surface area contributed by atoms with E-state index < -0.39 is 24.1 Å². The first-order valence-electron chi connectivity index (χ1n) is 12.1. The molecule has 2 amide bonds. The van der Waals surface area contributed by atoms with Crippen LogP contribution in [-0.2, 0) is 14.3 Å². The Balaban J connectivity index is 1.46. The molecule has 1 aliphatic heterocycles. The highest BCUT2D eigenvalue weighted by atomic mass is 32.2. The Morgan fingerprint density at radius 2 is 1.69 bits per heavy atom. The van der Waals surface area contributed by atoms with Crippen molar-refractivity contribution in [1.82, 2.24) is 10.2 Å². The molecule has 1 heterocycles. The molecule has 2 unspecified atom stereocenters. The standard InChI is InChI=1S/C27H32N2O5S/c1-4-9-22(24(30)29-23(26(31)32)15-35-25(29)16(2)3)28-27(33)34-14-21-19-12-7-5-10-17(19)18-11-6-8-13-20(18)21/h5-8,10-13,16,21-23,25H,4,9,14-15H2,1-3H3,(H,28,33)(H,31,32)/t22-,23?,25?/m1/s1. The van der Waals surface area contributed by atoms with Crippen LogP contribution in [-0.4, -0.2) is 57.8 Å². The highest BCUT2D eigenvalue weighted by Gasteiger charge is 2.45. The number of carboxylic acid groups (broad SMARTS) is 1. The summed E-state index contributed by atoms with van der Waals surface area (Å²) in [6.07, 6.45) is 0.394. The minimum Gasteiger partial charge on any atom is -0.480 e. The molecule has 3 atom stereocenters. The normalized spacial score (nSPS) is 19.8. The number of ether oxygens (including phenoxy) is 1. The fourth-order valence-corrected chi connectivity index (χ4v) is 6.50. The van der Waals surface area contributed by atoms with E-state index in [-0.39, 0.29) is 29.7 Å². The Morgan fingerprint density at radius 1 is 1.09 bits per heavy atom. The predicted octanol–water partition coefficient (Wildman–Crippen LogP) is 4.70. The maximum absolute atomic E-state index is 13.5. The second-order valence-electron chi connectivity index (χ2n) is 9.38. The molecule has 8 heteroatoms. The highest BCUT2D eigenvalue weighted by Crippen LogP contribution is 2.44. The van der Waals surface area contributed by atoms with E-state index in [1.165, 1.54) is 16.7 Å². The number of carbonyl (C=O) groups excluding carboxylic acids is 2. The number of rotatable bonds is 8. The molecule has 2 aromatic carbocycles. The van der Waals surface area contributed by atoms with E-state index in [9.17, 15) is 19.5 Å². The highest BCUT2D eigenvalue weighted by molar-refractivity contribution is 8.00. The third-order valence-corrected chi connectivity index (χ3v) is 8.28. The van der Waals surface area contributed by atoms with Crippen molar-refractivity contribution in [2.75, 3.05) is 12.4 Å². The van der Waals surface area contributed by atoms with Crippen molar-refractivity contribution in [2.45, 2.75) is 57.0 Å². The van der Waals surface area contributed by atoms with Gasteiger partial charge in [0, 0.05) is 11.7 Å². The molecule has 2 aliphatic rings. The molecular formula is C27H32N2O5S. The van der Waals surface area contributed by atoms with Gasteiger partial charge >= 0.3 is 12.1 Å². The maximum Gasteiger partial charge on any atom is 0.407 e. The number of nitrogens with zero attached hydrogens (tertiary/aromatic N) is 1. The average Bonchev–Trinajstić information content (AvgIpc) is 3.42. The van der Waals surface area contributed by atoms with Gasteiger partial charge in [0.05, 0.1) is 5.37 Å². The van der Waals surface area contributed by atoms with Crippen LogP contribution in [0.4, 0.5) is 4.79 Å². The zero-order valence-electron chi connectivity index (χ0n) is 20.3. The molecule has 2 N–H and O–H groups in total. The monoisotopic (exact) mass is 496 g/mol. The Morgan fingerprint density at radius 3 is 2.23 bits per heavy atom. The van der Waals surface area contributed by atoms with Gasteiger partial charge in [-0.2, -0.15) is 0 Å². The fourth-order valence-electron chi connectivity index (χ4n) is 5.02. The minimum atomic E-state index is -1.02. The van der Waals surface area contributed by atoms with Gasteiger partial charge in [-0.15, -0.1) is 11.8 Å². The van der Waals surface area contributed by atoms with Crippen LogP contribution in [0, 0.1) is 5.92 Å². The SMILES string of the molecule is CCC[C@@H](NC(=O)OCC1c2ccccc2-c2ccccc21)C(=O)N1C(C(=O)O)CSC1C(C)C.